The van der Waals surface area contributed by atoms with Crippen LogP contribution >= 0.6 is 0 Å². The normalized spacial score (nSPS) is 11.2. The fraction of sp³-hybridized carbons (Fsp3) is 0.357. The number of nitrogens with one attached hydrogen (secondary N) is 2. The molecule has 1 unspecified atom stereocenters. The van der Waals surface area contributed by atoms with Crippen molar-refractivity contribution in [1.29, 1.82) is 5.26 Å². The van der Waals surface area contributed by atoms with Crippen molar-refractivity contribution in [2.45, 2.75) is 32.7 Å². The first kappa shape index (κ1) is 14.7. The molecule has 0 bridgehead atoms. The highest BCUT2D eigenvalue weighted by molar-refractivity contribution is 5.96. The van der Waals surface area contributed by atoms with Crippen LogP contribution in [-0.4, -0.2) is 17.9 Å². The van der Waals surface area contributed by atoms with Crippen LogP contribution in [-0.2, 0) is 0 Å². The molecular weight excluding hydrogens is 242 g/mol. The number of anilines is 1. The van der Waals surface area contributed by atoms with Crippen LogP contribution in [0.15, 0.2) is 24.3 Å². The van der Waals surface area contributed by atoms with Crippen LogP contribution in [0.1, 0.15) is 37.0 Å². The van der Waals surface area contributed by atoms with Gasteiger partial charge in [-0.05, 0) is 25.5 Å². The van der Waals surface area contributed by atoms with Crippen molar-refractivity contribution in [3.63, 3.8) is 0 Å². The summed E-state index contributed by atoms with van der Waals surface area (Å²) in [6.07, 6.45) is 0.964. The summed E-state index contributed by atoms with van der Waals surface area (Å²) >= 11 is 0. The molecular formula is C14H17N3O2. The van der Waals surface area contributed by atoms with Gasteiger partial charge >= 0.3 is 6.03 Å². The van der Waals surface area contributed by atoms with E-state index in [9.17, 15) is 9.59 Å². The van der Waals surface area contributed by atoms with E-state index in [0.717, 1.165) is 0 Å². The zero-order valence-electron chi connectivity index (χ0n) is 11.1. The lowest BCUT2D eigenvalue weighted by atomic mass is 10.1. The Morgan fingerprint density at radius 3 is 2.74 bits per heavy atom. The molecule has 0 aliphatic rings. The zero-order chi connectivity index (χ0) is 14.3. The summed E-state index contributed by atoms with van der Waals surface area (Å²) in [6, 6.07) is 8.21. The molecule has 2 N–H and O–H groups in total. The number of amides is 2. The van der Waals surface area contributed by atoms with Crippen LogP contribution in [0.4, 0.5) is 10.5 Å². The van der Waals surface area contributed by atoms with Gasteiger partial charge in [-0.3, -0.25) is 4.79 Å². The van der Waals surface area contributed by atoms with Gasteiger partial charge in [0, 0.05) is 17.3 Å². The van der Waals surface area contributed by atoms with Gasteiger partial charge < -0.3 is 10.6 Å². The van der Waals surface area contributed by atoms with Gasteiger partial charge in [-0.1, -0.05) is 19.1 Å². The number of carbonyl (C=O) groups is 2. The molecule has 0 aliphatic carbocycles. The summed E-state index contributed by atoms with van der Waals surface area (Å²) in [5, 5.41) is 14.0. The third-order valence-electron chi connectivity index (χ3n) is 2.69. The van der Waals surface area contributed by atoms with Gasteiger partial charge in [-0.2, -0.15) is 5.26 Å². The average Bonchev–Trinajstić information content (AvgIpc) is 2.38. The Labute approximate surface area is 112 Å². The Balaban J connectivity index is 2.64. The minimum Gasteiger partial charge on any atom is -0.334 e. The quantitative estimate of drug-likeness (QED) is 0.797. The number of hydrogen-bond donors (Lipinski definition) is 2. The maximum absolute atomic E-state index is 11.7. The number of benzene rings is 1. The number of ketones is 1. The molecule has 1 aromatic rings. The standard InChI is InChI=1S/C14H17N3O2/c1-3-12(7-8-15)16-14(19)17-13-6-4-5-11(9-13)10(2)18/h4-6,9,12H,3,7H2,1-2H3,(H2,16,17,19). The van der Waals surface area contributed by atoms with E-state index in [0.29, 0.717) is 17.7 Å². The highest BCUT2D eigenvalue weighted by Gasteiger charge is 2.10. The second-order valence-electron chi connectivity index (χ2n) is 4.20. The zero-order valence-corrected chi connectivity index (χ0v) is 11.1. The Kier molecular flexibility index (Phi) is 5.55. The molecule has 0 aromatic heterocycles. The molecule has 1 aromatic carbocycles. The number of nitriles is 1. The van der Waals surface area contributed by atoms with Crippen LogP contribution in [0.2, 0.25) is 0 Å². The molecule has 2 amide bonds. The van der Waals surface area contributed by atoms with Gasteiger partial charge in [-0.15, -0.1) is 0 Å². The van der Waals surface area contributed by atoms with Gasteiger partial charge in [0.2, 0.25) is 0 Å². The first-order valence-corrected chi connectivity index (χ1v) is 6.12. The van der Waals surface area contributed by atoms with Gasteiger partial charge in [0.05, 0.1) is 12.5 Å². The molecule has 1 atom stereocenters. The monoisotopic (exact) mass is 259 g/mol. The van der Waals surface area contributed by atoms with Crippen molar-refractivity contribution in [2.24, 2.45) is 0 Å². The van der Waals surface area contributed by atoms with E-state index in [-0.39, 0.29) is 24.3 Å². The molecule has 0 aliphatic heterocycles. The van der Waals surface area contributed by atoms with Gasteiger partial charge in [0.15, 0.2) is 5.78 Å². The van der Waals surface area contributed by atoms with Gasteiger partial charge in [-0.25, -0.2) is 4.79 Å². The third-order valence-corrected chi connectivity index (χ3v) is 2.69. The summed E-state index contributed by atoms with van der Waals surface area (Å²) in [7, 11) is 0. The van der Waals surface area contributed by atoms with Crippen molar-refractivity contribution in [1.82, 2.24) is 5.32 Å². The Hall–Kier alpha value is -2.35. The first-order chi connectivity index (χ1) is 9.06. The topological polar surface area (TPSA) is 82.0 Å². The number of urea groups is 1. The fourth-order valence-electron chi connectivity index (χ4n) is 1.58. The summed E-state index contributed by atoms with van der Waals surface area (Å²) < 4.78 is 0. The molecule has 0 heterocycles. The maximum Gasteiger partial charge on any atom is 0.319 e. The Morgan fingerprint density at radius 1 is 1.42 bits per heavy atom. The van der Waals surface area contributed by atoms with Crippen LogP contribution in [0.5, 0.6) is 0 Å². The second-order valence-corrected chi connectivity index (χ2v) is 4.20. The molecule has 5 nitrogen and oxygen atoms in total. The summed E-state index contributed by atoms with van der Waals surface area (Å²) in [5.41, 5.74) is 1.10. The summed E-state index contributed by atoms with van der Waals surface area (Å²) in [5.74, 6) is -0.0556. The largest absolute Gasteiger partial charge is 0.334 e. The summed E-state index contributed by atoms with van der Waals surface area (Å²) in [4.78, 5) is 22.9. The van der Waals surface area contributed by atoms with Crippen LogP contribution in [0, 0.1) is 11.3 Å². The van der Waals surface area contributed by atoms with E-state index >= 15 is 0 Å². The van der Waals surface area contributed by atoms with Crippen molar-refractivity contribution in [2.75, 3.05) is 5.32 Å². The fourth-order valence-corrected chi connectivity index (χ4v) is 1.58. The van der Waals surface area contributed by atoms with Crippen molar-refractivity contribution < 1.29 is 9.59 Å². The smallest absolute Gasteiger partial charge is 0.319 e. The lowest BCUT2D eigenvalue weighted by molar-refractivity contribution is 0.101. The van der Waals surface area contributed by atoms with Crippen LogP contribution in [0.3, 0.4) is 0 Å². The summed E-state index contributed by atoms with van der Waals surface area (Å²) in [6.45, 7) is 3.37. The predicted molar refractivity (Wildman–Crippen MR) is 72.9 cm³/mol. The highest BCUT2D eigenvalue weighted by atomic mass is 16.2. The minimum atomic E-state index is -0.372. The molecule has 19 heavy (non-hydrogen) atoms. The number of rotatable bonds is 5. The van der Waals surface area contributed by atoms with Crippen LogP contribution in [0.25, 0.3) is 0 Å². The van der Waals surface area contributed by atoms with E-state index in [4.69, 9.17) is 5.26 Å². The van der Waals surface area contributed by atoms with E-state index < -0.39 is 0 Å². The number of nitrogens with zero attached hydrogens (tertiary/aromatic N) is 1. The first-order valence-electron chi connectivity index (χ1n) is 6.12. The molecule has 0 radical (unpaired) electrons. The molecule has 0 spiro atoms. The molecule has 1 rings (SSSR count). The SMILES string of the molecule is CCC(CC#N)NC(=O)Nc1cccc(C(C)=O)c1. The van der Waals surface area contributed by atoms with Gasteiger partial charge in [0.25, 0.3) is 0 Å². The molecule has 0 saturated heterocycles. The lowest BCUT2D eigenvalue weighted by Gasteiger charge is -2.14. The third kappa shape index (κ3) is 4.80. The number of hydrogen-bond acceptors (Lipinski definition) is 3. The van der Waals surface area contributed by atoms with E-state index in [1.807, 2.05) is 13.0 Å². The number of Topliss-reactive ketones (excluding diaryl/α,β-unsaturated/α-hetero) is 1. The highest BCUT2D eigenvalue weighted by Crippen LogP contribution is 2.11. The van der Waals surface area contributed by atoms with Gasteiger partial charge in [0.1, 0.15) is 0 Å². The molecule has 0 saturated carbocycles. The van der Waals surface area contributed by atoms with Crippen LogP contribution < -0.4 is 10.6 Å². The average molecular weight is 259 g/mol. The van der Waals surface area contributed by atoms with E-state index in [2.05, 4.69) is 10.6 Å². The van der Waals surface area contributed by atoms with Crippen molar-refractivity contribution in [3.05, 3.63) is 29.8 Å². The Bertz CT molecular complexity index is 506. The minimum absolute atomic E-state index is 0.0556. The lowest BCUT2D eigenvalue weighted by Crippen LogP contribution is -2.37. The second kappa shape index (κ2) is 7.17. The molecule has 0 fully saturated rings. The predicted octanol–water partition coefficient (Wildman–Crippen LogP) is 2.70. The number of carbonyl (C=O) groups excluding carboxylic acids is 2. The molecule has 100 valence electrons. The van der Waals surface area contributed by atoms with E-state index in [1.54, 1.807) is 24.3 Å². The van der Waals surface area contributed by atoms with Crippen molar-refractivity contribution in [3.8, 4) is 6.07 Å². The van der Waals surface area contributed by atoms with Crippen molar-refractivity contribution >= 4 is 17.5 Å². The van der Waals surface area contributed by atoms with E-state index in [1.165, 1.54) is 6.92 Å². The Morgan fingerprint density at radius 2 is 2.16 bits per heavy atom. The maximum atomic E-state index is 11.7. The molecule has 5 heteroatoms.